The number of nitrogens with zero attached hydrogens (tertiary/aromatic N) is 3. The summed E-state index contributed by atoms with van der Waals surface area (Å²) >= 11 is 0. The van der Waals surface area contributed by atoms with Gasteiger partial charge in [-0.2, -0.15) is 9.78 Å². The first-order chi connectivity index (χ1) is 15.2. The van der Waals surface area contributed by atoms with E-state index in [1.807, 2.05) is 18.2 Å². The Hall–Kier alpha value is -3.80. The van der Waals surface area contributed by atoms with Crippen molar-refractivity contribution in [1.29, 1.82) is 0 Å². The van der Waals surface area contributed by atoms with Gasteiger partial charge in [-0.15, -0.1) is 0 Å². The van der Waals surface area contributed by atoms with Gasteiger partial charge >= 0.3 is 0 Å². The van der Waals surface area contributed by atoms with E-state index in [-0.39, 0.29) is 11.4 Å². The summed E-state index contributed by atoms with van der Waals surface area (Å²) in [7, 11) is 0. The number of anilines is 1. The summed E-state index contributed by atoms with van der Waals surface area (Å²) in [6, 6.07) is 22.1. The zero-order chi connectivity index (χ0) is 21.2. The van der Waals surface area contributed by atoms with Crippen LogP contribution in [0.4, 0.5) is 10.1 Å². The van der Waals surface area contributed by atoms with Crippen LogP contribution in [0.1, 0.15) is 29.9 Å². The molecule has 0 bridgehead atoms. The molecular formula is C25H21FN4O. The van der Waals surface area contributed by atoms with Crippen molar-refractivity contribution in [1.82, 2.24) is 9.66 Å². The third-order valence-corrected chi connectivity index (χ3v) is 5.45. The summed E-state index contributed by atoms with van der Waals surface area (Å²) in [5.41, 5.74) is 3.05. The van der Waals surface area contributed by atoms with Crippen LogP contribution in [-0.2, 0) is 13.0 Å². The van der Waals surface area contributed by atoms with Crippen molar-refractivity contribution in [3.63, 3.8) is 0 Å². The van der Waals surface area contributed by atoms with Crippen LogP contribution < -0.4 is 10.9 Å². The van der Waals surface area contributed by atoms with Crippen molar-refractivity contribution >= 4 is 22.2 Å². The minimum atomic E-state index is -0.291. The molecular weight excluding hydrogens is 391 g/mol. The van der Waals surface area contributed by atoms with Gasteiger partial charge in [-0.1, -0.05) is 42.5 Å². The smallest absolute Gasteiger partial charge is 0.274 e. The molecule has 0 saturated heterocycles. The number of hydrogen-bond acceptors (Lipinski definition) is 4. The molecule has 0 aliphatic carbocycles. The van der Waals surface area contributed by atoms with E-state index in [1.54, 1.807) is 12.1 Å². The molecule has 0 spiro atoms. The van der Waals surface area contributed by atoms with Crippen molar-refractivity contribution < 1.29 is 4.39 Å². The van der Waals surface area contributed by atoms with E-state index in [0.29, 0.717) is 30.9 Å². The second-order valence-corrected chi connectivity index (χ2v) is 7.64. The van der Waals surface area contributed by atoms with E-state index >= 15 is 0 Å². The highest BCUT2D eigenvalue weighted by Gasteiger charge is 2.15. The Morgan fingerprint density at radius 1 is 0.935 bits per heavy atom. The van der Waals surface area contributed by atoms with Gasteiger partial charge in [0.05, 0.1) is 18.0 Å². The lowest BCUT2D eigenvalue weighted by Crippen LogP contribution is -2.23. The first-order valence-corrected chi connectivity index (χ1v) is 10.3. The second-order valence-electron chi connectivity index (χ2n) is 7.64. The SMILES string of the molecule is O=c1cc(CNc2ccc3ccccc3c2)nc2n1N=C(c1ccc(F)cc1)CCC2. The molecule has 0 atom stereocenters. The standard InChI is InChI=1S/C25H21FN4O/c26-20-11-8-18(9-12-20)23-6-3-7-24-28-22(15-25(31)30(24)29-23)16-27-21-13-10-17-4-1-2-5-19(17)14-21/h1-2,4-5,8-15,27H,3,6-7,16H2. The quantitative estimate of drug-likeness (QED) is 0.527. The Morgan fingerprint density at radius 2 is 1.74 bits per heavy atom. The van der Waals surface area contributed by atoms with Gasteiger partial charge in [-0.05, 0) is 53.4 Å². The largest absolute Gasteiger partial charge is 0.379 e. The van der Waals surface area contributed by atoms with Crippen molar-refractivity contribution in [3.8, 4) is 0 Å². The highest BCUT2D eigenvalue weighted by atomic mass is 19.1. The fourth-order valence-electron chi connectivity index (χ4n) is 3.86. The van der Waals surface area contributed by atoms with Crippen molar-refractivity contribution in [2.45, 2.75) is 25.8 Å². The monoisotopic (exact) mass is 412 g/mol. The average molecular weight is 412 g/mol. The van der Waals surface area contributed by atoms with E-state index in [1.165, 1.54) is 28.3 Å². The molecule has 0 saturated carbocycles. The third-order valence-electron chi connectivity index (χ3n) is 5.45. The van der Waals surface area contributed by atoms with Crippen LogP contribution in [0.25, 0.3) is 10.8 Å². The molecule has 5 rings (SSSR count). The molecule has 154 valence electrons. The van der Waals surface area contributed by atoms with Crippen LogP contribution >= 0.6 is 0 Å². The number of halogens is 1. The van der Waals surface area contributed by atoms with E-state index in [9.17, 15) is 9.18 Å². The Morgan fingerprint density at radius 3 is 2.58 bits per heavy atom. The number of benzene rings is 3. The van der Waals surface area contributed by atoms with Crippen LogP contribution in [0.15, 0.2) is 82.7 Å². The van der Waals surface area contributed by atoms with E-state index < -0.39 is 0 Å². The molecule has 0 fully saturated rings. The summed E-state index contributed by atoms with van der Waals surface area (Å²) < 4.78 is 14.6. The number of nitrogens with one attached hydrogen (secondary N) is 1. The van der Waals surface area contributed by atoms with Crippen LogP contribution in [0.3, 0.4) is 0 Å². The molecule has 5 nitrogen and oxygen atoms in total. The molecule has 1 aliphatic rings. The van der Waals surface area contributed by atoms with Gasteiger partial charge in [-0.25, -0.2) is 9.37 Å². The highest BCUT2D eigenvalue weighted by Crippen LogP contribution is 2.19. The predicted octanol–water partition coefficient (Wildman–Crippen LogP) is 4.74. The predicted molar refractivity (Wildman–Crippen MR) is 121 cm³/mol. The normalized spacial score (nSPS) is 13.4. The zero-order valence-electron chi connectivity index (χ0n) is 16.9. The number of aryl methyl sites for hydroxylation is 1. The Bertz CT molecular complexity index is 1340. The van der Waals surface area contributed by atoms with Crippen molar-refractivity contribution in [2.24, 2.45) is 5.10 Å². The topological polar surface area (TPSA) is 59.3 Å². The minimum absolute atomic E-state index is 0.207. The highest BCUT2D eigenvalue weighted by molar-refractivity contribution is 6.00. The molecule has 0 amide bonds. The number of rotatable bonds is 4. The molecule has 1 N–H and O–H groups in total. The molecule has 1 aromatic heterocycles. The lowest BCUT2D eigenvalue weighted by atomic mass is 10.0. The number of hydrogen-bond donors (Lipinski definition) is 1. The molecule has 0 radical (unpaired) electrons. The fraction of sp³-hybridized carbons (Fsp3) is 0.160. The minimum Gasteiger partial charge on any atom is -0.379 e. The van der Waals surface area contributed by atoms with Gasteiger partial charge in [-0.3, -0.25) is 4.79 Å². The number of aromatic nitrogens is 2. The molecule has 6 heteroatoms. The maximum Gasteiger partial charge on any atom is 0.274 e. The van der Waals surface area contributed by atoms with Gasteiger partial charge in [0.15, 0.2) is 0 Å². The Labute approximate surface area is 178 Å². The van der Waals surface area contributed by atoms with Gasteiger partial charge < -0.3 is 5.32 Å². The van der Waals surface area contributed by atoms with Crippen LogP contribution in [0, 0.1) is 5.82 Å². The first kappa shape index (κ1) is 19.2. The summed E-state index contributed by atoms with van der Waals surface area (Å²) in [5, 5.41) is 10.3. The van der Waals surface area contributed by atoms with E-state index in [2.05, 4.69) is 39.7 Å². The fourth-order valence-corrected chi connectivity index (χ4v) is 3.86. The Kier molecular flexibility index (Phi) is 5.04. The second kappa shape index (κ2) is 8.14. The summed E-state index contributed by atoms with van der Waals surface area (Å²) in [6.45, 7) is 0.454. The van der Waals surface area contributed by atoms with Crippen LogP contribution in [0.2, 0.25) is 0 Å². The third kappa shape index (κ3) is 4.10. The van der Waals surface area contributed by atoms with Crippen LogP contribution in [0.5, 0.6) is 0 Å². The summed E-state index contributed by atoms with van der Waals surface area (Å²) in [6.07, 6.45) is 2.19. The molecule has 3 aromatic carbocycles. The summed E-state index contributed by atoms with van der Waals surface area (Å²) in [4.78, 5) is 17.5. The molecule has 2 heterocycles. The molecule has 31 heavy (non-hydrogen) atoms. The van der Waals surface area contributed by atoms with Gasteiger partial charge in [0.2, 0.25) is 0 Å². The van der Waals surface area contributed by atoms with Crippen LogP contribution in [-0.4, -0.2) is 15.4 Å². The number of fused-ring (bicyclic) bond motifs is 2. The zero-order valence-corrected chi connectivity index (χ0v) is 16.9. The van der Waals surface area contributed by atoms with Gasteiger partial charge in [0, 0.05) is 18.2 Å². The molecule has 1 aliphatic heterocycles. The first-order valence-electron chi connectivity index (χ1n) is 10.3. The average Bonchev–Trinajstić information content (AvgIpc) is 3.01. The summed E-state index contributed by atoms with van der Waals surface area (Å²) in [5.74, 6) is 0.362. The van der Waals surface area contributed by atoms with Crippen molar-refractivity contribution in [2.75, 3.05) is 5.32 Å². The van der Waals surface area contributed by atoms with Gasteiger partial charge in [0.25, 0.3) is 5.56 Å². The lowest BCUT2D eigenvalue weighted by Gasteiger charge is -2.10. The van der Waals surface area contributed by atoms with Crippen molar-refractivity contribution in [3.05, 3.63) is 106 Å². The lowest BCUT2D eigenvalue weighted by molar-refractivity contribution is 0.627. The Balaban J connectivity index is 1.40. The maximum absolute atomic E-state index is 13.2. The molecule has 4 aromatic rings. The van der Waals surface area contributed by atoms with E-state index in [0.717, 1.165) is 28.8 Å². The molecule has 0 unspecified atom stereocenters. The van der Waals surface area contributed by atoms with E-state index in [4.69, 9.17) is 0 Å². The van der Waals surface area contributed by atoms with Gasteiger partial charge in [0.1, 0.15) is 11.6 Å². The maximum atomic E-state index is 13.2.